The summed E-state index contributed by atoms with van der Waals surface area (Å²) in [6.45, 7) is 7.38. The lowest BCUT2D eigenvalue weighted by Gasteiger charge is -2.18. The topological polar surface area (TPSA) is 58.2 Å². The largest absolute Gasteiger partial charge is 0.355 e. The maximum Gasteiger partial charge on any atom is 0.221 e. The average Bonchev–Trinajstić information content (AvgIpc) is 2.68. The summed E-state index contributed by atoms with van der Waals surface area (Å²) >= 11 is 0. The quantitative estimate of drug-likeness (QED) is 0.768. The predicted molar refractivity (Wildman–Crippen MR) is 71.4 cm³/mol. The number of amides is 1. The number of hydrogen-bond acceptors (Lipinski definition) is 3. The summed E-state index contributed by atoms with van der Waals surface area (Å²) in [7, 11) is -0.888. The van der Waals surface area contributed by atoms with E-state index in [2.05, 4.69) is 10.6 Å². The van der Waals surface area contributed by atoms with E-state index in [1.165, 1.54) is 0 Å². The van der Waals surface area contributed by atoms with Crippen molar-refractivity contribution in [2.24, 2.45) is 0 Å². The zero-order valence-corrected chi connectivity index (χ0v) is 11.9. The number of carbonyl (C=O) groups is 1. The number of carbonyl (C=O) groups excluding carboxylic acids is 1. The van der Waals surface area contributed by atoms with Gasteiger partial charge in [-0.05, 0) is 40.2 Å². The summed E-state index contributed by atoms with van der Waals surface area (Å²) in [6.07, 6.45) is 2.79. The van der Waals surface area contributed by atoms with Gasteiger partial charge >= 0.3 is 0 Å². The van der Waals surface area contributed by atoms with Crippen LogP contribution in [0.3, 0.4) is 0 Å². The SMILES string of the molecule is CC(C)(C)S(=O)CCNC(=O)CC1CCCN1. The van der Waals surface area contributed by atoms with Gasteiger partial charge in [-0.15, -0.1) is 0 Å². The van der Waals surface area contributed by atoms with E-state index in [1.807, 2.05) is 20.8 Å². The molecule has 1 amide bonds. The Morgan fingerprint density at radius 1 is 1.47 bits per heavy atom. The van der Waals surface area contributed by atoms with Gasteiger partial charge in [0.25, 0.3) is 0 Å². The average molecular weight is 260 g/mol. The van der Waals surface area contributed by atoms with Gasteiger partial charge in [0, 0.05) is 40.3 Å². The summed E-state index contributed by atoms with van der Waals surface area (Å²) in [5, 5.41) is 6.13. The first-order chi connectivity index (χ1) is 7.89. The van der Waals surface area contributed by atoms with E-state index in [-0.39, 0.29) is 10.7 Å². The molecule has 1 rings (SSSR count). The minimum atomic E-state index is -0.888. The molecule has 100 valence electrons. The first kappa shape index (κ1) is 14.6. The van der Waals surface area contributed by atoms with Crippen molar-refractivity contribution in [1.29, 1.82) is 0 Å². The van der Waals surface area contributed by atoms with Gasteiger partial charge in [-0.3, -0.25) is 9.00 Å². The molecule has 17 heavy (non-hydrogen) atoms. The van der Waals surface area contributed by atoms with Crippen molar-refractivity contribution in [3.05, 3.63) is 0 Å². The van der Waals surface area contributed by atoms with Crippen LogP contribution in [0.15, 0.2) is 0 Å². The van der Waals surface area contributed by atoms with Gasteiger partial charge in [-0.1, -0.05) is 0 Å². The highest BCUT2D eigenvalue weighted by Gasteiger charge is 2.20. The van der Waals surface area contributed by atoms with E-state index in [9.17, 15) is 9.00 Å². The highest BCUT2D eigenvalue weighted by atomic mass is 32.2. The third-order valence-corrected chi connectivity index (χ3v) is 4.83. The zero-order valence-electron chi connectivity index (χ0n) is 11.0. The standard InChI is InChI=1S/C12H24N2O2S/c1-12(2,3)17(16)8-7-14-11(15)9-10-5-4-6-13-10/h10,13H,4-9H2,1-3H3,(H,14,15). The van der Waals surface area contributed by atoms with Gasteiger partial charge in [0.05, 0.1) is 0 Å². The Labute approximate surface area is 106 Å². The van der Waals surface area contributed by atoms with Crippen molar-refractivity contribution in [2.75, 3.05) is 18.8 Å². The van der Waals surface area contributed by atoms with Crippen LogP contribution >= 0.6 is 0 Å². The summed E-state index contributed by atoms with van der Waals surface area (Å²) in [5.41, 5.74) is 0. The molecule has 0 aromatic heterocycles. The summed E-state index contributed by atoms with van der Waals surface area (Å²) in [4.78, 5) is 11.6. The number of hydrogen-bond donors (Lipinski definition) is 2. The highest BCUT2D eigenvalue weighted by Crippen LogP contribution is 2.11. The van der Waals surface area contributed by atoms with Crippen LogP contribution in [0.5, 0.6) is 0 Å². The van der Waals surface area contributed by atoms with Crippen LogP contribution in [0.2, 0.25) is 0 Å². The van der Waals surface area contributed by atoms with Crippen molar-refractivity contribution < 1.29 is 9.00 Å². The minimum absolute atomic E-state index is 0.0651. The number of nitrogens with one attached hydrogen (secondary N) is 2. The van der Waals surface area contributed by atoms with Gasteiger partial charge in [0.15, 0.2) is 0 Å². The molecule has 0 aliphatic carbocycles. The van der Waals surface area contributed by atoms with Crippen molar-refractivity contribution in [1.82, 2.24) is 10.6 Å². The molecule has 0 radical (unpaired) electrons. The van der Waals surface area contributed by atoms with E-state index in [4.69, 9.17) is 0 Å². The molecule has 1 saturated heterocycles. The molecule has 0 aromatic carbocycles. The Hall–Kier alpha value is -0.420. The van der Waals surface area contributed by atoms with Crippen LogP contribution in [0.1, 0.15) is 40.0 Å². The number of rotatable bonds is 5. The Morgan fingerprint density at radius 2 is 2.18 bits per heavy atom. The molecule has 1 aliphatic heterocycles. The Morgan fingerprint density at radius 3 is 2.71 bits per heavy atom. The molecule has 1 fully saturated rings. The molecule has 4 nitrogen and oxygen atoms in total. The molecule has 2 N–H and O–H groups in total. The van der Waals surface area contributed by atoms with Crippen LogP contribution in [0.4, 0.5) is 0 Å². The van der Waals surface area contributed by atoms with Crippen LogP contribution in [0.25, 0.3) is 0 Å². The maximum absolute atomic E-state index is 11.7. The summed E-state index contributed by atoms with van der Waals surface area (Å²) in [6, 6.07) is 0.336. The molecule has 1 heterocycles. The molecular weight excluding hydrogens is 236 g/mol. The lowest BCUT2D eigenvalue weighted by Crippen LogP contribution is -2.35. The van der Waals surface area contributed by atoms with Gasteiger partial charge in [-0.25, -0.2) is 0 Å². The van der Waals surface area contributed by atoms with E-state index in [1.54, 1.807) is 0 Å². The Bertz CT molecular complexity index is 281. The van der Waals surface area contributed by atoms with E-state index in [0.717, 1.165) is 19.4 Å². The second-order valence-corrected chi connectivity index (χ2v) is 7.83. The van der Waals surface area contributed by atoms with Crippen LogP contribution in [0, 0.1) is 0 Å². The fourth-order valence-corrected chi connectivity index (χ4v) is 2.72. The minimum Gasteiger partial charge on any atom is -0.355 e. The smallest absolute Gasteiger partial charge is 0.221 e. The second kappa shape index (κ2) is 6.50. The van der Waals surface area contributed by atoms with Gasteiger partial charge < -0.3 is 10.6 Å². The molecule has 0 saturated carbocycles. The fourth-order valence-electron chi connectivity index (χ4n) is 1.82. The lowest BCUT2D eigenvalue weighted by molar-refractivity contribution is -0.121. The van der Waals surface area contributed by atoms with E-state index < -0.39 is 10.8 Å². The van der Waals surface area contributed by atoms with Crippen LogP contribution in [-0.2, 0) is 15.6 Å². The third kappa shape index (κ3) is 5.64. The van der Waals surface area contributed by atoms with Crippen LogP contribution in [-0.4, -0.2) is 39.7 Å². The molecule has 1 aliphatic rings. The third-order valence-electron chi connectivity index (χ3n) is 2.89. The predicted octanol–water partition coefficient (Wildman–Crippen LogP) is 0.792. The molecule has 0 aromatic rings. The molecule has 2 atom stereocenters. The fraction of sp³-hybridized carbons (Fsp3) is 0.917. The lowest BCUT2D eigenvalue weighted by atomic mass is 10.1. The van der Waals surface area contributed by atoms with Crippen LogP contribution < -0.4 is 10.6 Å². The molecular formula is C12H24N2O2S. The van der Waals surface area contributed by atoms with Crippen molar-refractivity contribution in [3.63, 3.8) is 0 Å². The normalized spacial score (nSPS) is 22.4. The van der Waals surface area contributed by atoms with Crippen molar-refractivity contribution >= 4 is 16.7 Å². The maximum atomic E-state index is 11.7. The first-order valence-electron chi connectivity index (χ1n) is 6.28. The van der Waals surface area contributed by atoms with Gasteiger partial charge in [-0.2, -0.15) is 0 Å². The first-order valence-corrected chi connectivity index (χ1v) is 7.60. The zero-order chi connectivity index (χ0) is 12.9. The van der Waals surface area contributed by atoms with E-state index in [0.29, 0.717) is 24.8 Å². The van der Waals surface area contributed by atoms with Gasteiger partial charge in [0.2, 0.25) is 5.91 Å². The molecule has 2 unspecified atom stereocenters. The molecule has 5 heteroatoms. The Kier molecular flexibility index (Phi) is 5.59. The highest BCUT2D eigenvalue weighted by molar-refractivity contribution is 7.86. The van der Waals surface area contributed by atoms with Crippen molar-refractivity contribution in [3.8, 4) is 0 Å². The molecule has 0 spiro atoms. The monoisotopic (exact) mass is 260 g/mol. The van der Waals surface area contributed by atoms with Crippen molar-refractivity contribution in [2.45, 2.75) is 50.8 Å². The second-order valence-electron chi connectivity index (χ2n) is 5.51. The van der Waals surface area contributed by atoms with Gasteiger partial charge in [0.1, 0.15) is 0 Å². The summed E-state index contributed by atoms with van der Waals surface area (Å²) in [5.74, 6) is 0.600. The van der Waals surface area contributed by atoms with E-state index >= 15 is 0 Å². The Balaban J connectivity index is 2.13. The molecule has 0 bridgehead atoms. The summed E-state index contributed by atoms with van der Waals surface area (Å²) < 4.78 is 11.5.